The standard InChI is InChI=1S/C18H20O2/c1-15(19-13-17-9-5-3-6-10-17)16(2)20-14-18-11-7-4-8-12-18/h3-12,16H,1,13-14H2,2H3. The third-order valence-corrected chi connectivity index (χ3v) is 3.06. The first kappa shape index (κ1) is 14.4. The van der Waals surface area contributed by atoms with E-state index in [1.807, 2.05) is 67.6 Å². The first-order chi connectivity index (χ1) is 9.75. The highest BCUT2D eigenvalue weighted by Gasteiger charge is 2.08. The van der Waals surface area contributed by atoms with Gasteiger partial charge in [0.2, 0.25) is 0 Å². The zero-order chi connectivity index (χ0) is 14.2. The van der Waals surface area contributed by atoms with Gasteiger partial charge in [-0.15, -0.1) is 0 Å². The van der Waals surface area contributed by atoms with Gasteiger partial charge in [-0.2, -0.15) is 0 Å². The molecule has 20 heavy (non-hydrogen) atoms. The lowest BCUT2D eigenvalue weighted by atomic mass is 10.2. The molecule has 2 nitrogen and oxygen atoms in total. The third-order valence-electron chi connectivity index (χ3n) is 3.06. The van der Waals surface area contributed by atoms with Crippen molar-refractivity contribution in [1.82, 2.24) is 0 Å². The summed E-state index contributed by atoms with van der Waals surface area (Å²) >= 11 is 0. The van der Waals surface area contributed by atoms with Crippen LogP contribution in [0.5, 0.6) is 0 Å². The Morgan fingerprint density at radius 2 is 1.40 bits per heavy atom. The lowest BCUT2D eigenvalue weighted by Gasteiger charge is -2.17. The van der Waals surface area contributed by atoms with Crippen molar-refractivity contribution < 1.29 is 9.47 Å². The van der Waals surface area contributed by atoms with Crippen LogP contribution in [0.1, 0.15) is 18.1 Å². The molecule has 0 fully saturated rings. The Morgan fingerprint density at radius 1 is 0.900 bits per heavy atom. The predicted molar refractivity (Wildman–Crippen MR) is 81.1 cm³/mol. The van der Waals surface area contributed by atoms with E-state index in [4.69, 9.17) is 9.47 Å². The molecular formula is C18H20O2. The Labute approximate surface area is 120 Å². The lowest BCUT2D eigenvalue weighted by Crippen LogP contribution is -2.13. The zero-order valence-electron chi connectivity index (χ0n) is 11.8. The van der Waals surface area contributed by atoms with Crippen LogP contribution in [0, 0.1) is 0 Å². The van der Waals surface area contributed by atoms with Gasteiger partial charge in [-0.05, 0) is 18.1 Å². The van der Waals surface area contributed by atoms with Crippen LogP contribution < -0.4 is 0 Å². The van der Waals surface area contributed by atoms with Crippen LogP contribution in [0.2, 0.25) is 0 Å². The molecule has 0 aromatic heterocycles. The second kappa shape index (κ2) is 7.51. The summed E-state index contributed by atoms with van der Waals surface area (Å²) in [6, 6.07) is 20.1. The first-order valence-corrected chi connectivity index (χ1v) is 6.77. The molecule has 1 unspecified atom stereocenters. The number of hydrogen-bond acceptors (Lipinski definition) is 2. The number of hydrogen-bond donors (Lipinski definition) is 0. The van der Waals surface area contributed by atoms with Crippen molar-refractivity contribution in [3.05, 3.63) is 84.1 Å². The van der Waals surface area contributed by atoms with Crippen molar-refractivity contribution >= 4 is 0 Å². The molecule has 0 aliphatic heterocycles. The van der Waals surface area contributed by atoms with Crippen LogP contribution in [0.4, 0.5) is 0 Å². The van der Waals surface area contributed by atoms with Crippen LogP contribution in [0.3, 0.4) is 0 Å². The molecule has 0 spiro atoms. The summed E-state index contributed by atoms with van der Waals surface area (Å²) < 4.78 is 11.4. The number of rotatable bonds is 7. The van der Waals surface area contributed by atoms with E-state index in [1.54, 1.807) is 0 Å². The van der Waals surface area contributed by atoms with Gasteiger partial charge in [-0.1, -0.05) is 67.2 Å². The molecule has 2 heteroatoms. The van der Waals surface area contributed by atoms with Gasteiger partial charge in [-0.3, -0.25) is 0 Å². The van der Waals surface area contributed by atoms with E-state index >= 15 is 0 Å². The molecule has 0 saturated heterocycles. The van der Waals surface area contributed by atoms with Gasteiger partial charge in [-0.25, -0.2) is 0 Å². The highest BCUT2D eigenvalue weighted by atomic mass is 16.5. The summed E-state index contributed by atoms with van der Waals surface area (Å²) in [7, 11) is 0. The van der Waals surface area contributed by atoms with Crippen LogP contribution in [0.25, 0.3) is 0 Å². The number of ether oxygens (including phenoxy) is 2. The van der Waals surface area contributed by atoms with Gasteiger partial charge in [0.1, 0.15) is 18.5 Å². The van der Waals surface area contributed by atoms with Crippen LogP contribution in [-0.4, -0.2) is 6.10 Å². The fourth-order valence-electron chi connectivity index (χ4n) is 1.76. The molecule has 0 N–H and O–H groups in total. The van der Waals surface area contributed by atoms with Crippen LogP contribution in [0.15, 0.2) is 73.0 Å². The Kier molecular flexibility index (Phi) is 5.39. The highest BCUT2D eigenvalue weighted by molar-refractivity contribution is 5.14. The molecular weight excluding hydrogens is 248 g/mol. The Hall–Kier alpha value is -2.06. The SMILES string of the molecule is C=C(OCc1ccccc1)C(C)OCc1ccccc1. The molecule has 0 amide bonds. The summed E-state index contributed by atoms with van der Waals surface area (Å²) in [5, 5.41) is 0. The van der Waals surface area contributed by atoms with Crippen molar-refractivity contribution in [2.75, 3.05) is 0 Å². The molecule has 2 aromatic rings. The van der Waals surface area contributed by atoms with Gasteiger partial charge in [0.05, 0.1) is 6.61 Å². The van der Waals surface area contributed by atoms with E-state index in [-0.39, 0.29) is 6.10 Å². The topological polar surface area (TPSA) is 18.5 Å². The van der Waals surface area contributed by atoms with E-state index in [2.05, 4.69) is 6.58 Å². The van der Waals surface area contributed by atoms with E-state index in [0.717, 1.165) is 11.1 Å². The van der Waals surface area contributed by atoms with Gasteiger partial charge in [0.15, 0.2) is 0 Å². The van der Waals surface area contributed by atoms with Crippen molar-refractivity contribution in [3.8, 4) is 0 Å². The van der Waals surface area contributed by atoms with Gasteiger partial charge in [0, 0.05) is 0 Å². The van der Waals surface area contributed by atoms with Crippen LogP contribution in [-0.2, 0) is 22.7 Å². The maximum atomic E-state index is 5.75. The Bertz CT molecular complexity index is 520. The molecule has 2 rings (SSSR count). The van der Waals surface area contributed by atoms with E-state index in [1.165, 1.54) is 0 Å². The second-order valence-electron chi connectivity index (χ2n) is 4.68. The second-order valence-corrected chi connectivity index (χ2v) is 4.68. The minimum atomic E-state index is -0.126. The minimum absolute atomic E-state index is 0.126. The molecule has 2 aromatic carbocycles. The van der Waals surface area contributed by atoms with Crippen molar-refractivity contribution in [2.45, 2.75) is 26.2 Å². The predicted octanol–water partition coefficient (Wildman–Crippen LogP) is 4.32. The Balaban J connectivity index is 1.75. The first-order valence-electron chi connectivity index (χ1n) is 6.77. The molecule has 0 radical (unpaired) electrons. The zero-order valence-corrected chi connectivity index (χ0v) is 11.8. The monoisotopic (exact) mass is 268 g/mol. The smallest absolute Gasteiger partial charge is 0.118 e. The van der Waals surface area contributed by atoms with Crippen molar-refractivity contribution in [2.24, 2.45) is 0 Å². The average Bonchev–Trinajstić information content (AvgIpc) is 2.52. The van der Waals surface area contributed by atoms with E-state index in [9.17, 15) is 0 Å². The molecule has 0 aliphatic rings. The molecule has 0 saturated carbocycles. The molecule has 1 atom stereocenters. The summed E-state index contributed by atoms with van der Waals surface area (Å²) in [6.07, 6.45) is -0.126. The highest BCUT2D eigenvalue weighted by Crippen LogP contribution is 2.12. The molecule has 0 bridgehead atoms. The Morgan fingerprint density at radius 3 is 1.95 bits per heavy atom. The summed E-state index contributed by atoms with van der Waals surface area (Å²) in [6.45, 7) is 6.98. The normalized spacial score (nSPS) is 11.8. The van der Waals surface area contributed by atoms with Crippen molar-refractivity contribution in [1.29, 1.82) is 0 Å². The summed E-state index contributed by atoms with van der Waals surface area (Å²) in [4.78, 5) is 0. The average molecular weight is 268 g/mol. The quantitative estimate of drug-likeness (QED) is 0.696. The maximum absolute atomic E-state index is 5.75. The van der Waals surface area contributed by atoms with Gasteiger partial charge < -0.3 is 9.47 Å². The largest absolute Gasteiger partial charge is 0.491 e. The minimum Gasteiger partial charge on any atom is -0.491 e. The number of benzene rings is 2. The summed E-state index contributed by atoms with van der Waals surface area (Å²) in [5.41, 5.74) is 2.28. The van der Waals surface area contributed by atoms with Gasteiger partial charge in [0.25, 0.3) is 0 Å². The molecule has 0 aliphatic carbocycles. The van der Waals surface area contributed by atoms with Crippen molar-refractivity contribution in [3.63, 3.8) is 0 Å². The summed E-state index contributed by atoms with van der Waals surface area (Å²) in [5.74, 6) is 0.657. The van der Waals surface area contributed by atoms with E-state index < -0.39 is 0 Å². The lowest BCUT2D eigenvalue weighted by molar-refractivity contribution is 0.0270. The third kappa shape index (κ3) is 4.56. The van der Waals surface area contributed by atoms with E-state index in [0.29, 0.717) is 19.0 Å². The van der Waals surface area contributed by atoms with Crippen LogP contribution >= 0.6 is 0 Å². The molecule has 0 heterocycles. The maximum Gasteiger partial charge on any atom is 0.118 e. The molecule has 104 valence electrons. The fraction of sp³-hybridized carbons (Fsp3) is 0.222. The van der Waals surface area contributed by atoms with Gasteiger partial charge >= 0.3 is 0 Å². The fourth-order valence-corrected chi connectivity index (χ4v) is 1.76.